The summed E-state index contributed by atoms with van der Waals surface area (Å²) in [6.07, 6.45) is 1.93. The summed E-state index contributed by atoms with van der Waals surface area (Å²) in [5.74, 6) is -3.23. The van der Waals surface area contributed by atoms with Gasteiger partial charge in [0.2, 0.25) is 0 Å². The first kappa shape index (κ1) is 21.9. The summed E-state index contributed by atoms with van der Waals surface area (Å²) in [7, 11) is 0. The number of rotatable bonds is 9. The van der Waals surface area contributed by atoms with E-state index in [1.54, 1.807) is 0 Å². The van der Waals surface area contributed by atoms with E-state index in [-0.39, 0.29) is 55.1 Å². The molecule has 0 radical (unpaired) electrons. The van der Waals surface area contributed by atoms with E-state index < -0.39 is 12.0 Å². The average Bonchev–Trinajstić information content (AvgIpc) is 3.14. The van der Waals surface area contributed by atoms with Gasteiger partial charge >= 0.3 is 5.97 Å². The standard InChI is InChI=1S/C21H34F2O5/c1-13(2)8-9-21(22,23)18(24)7-6-14-15-11-19(25)27-17(15)12-16(14)28-20-5-3-4-10-26-20/h13-18,20,24H,3-12H2,1-2H3/t14-,15-,16-,17+,18?,20?/m1/s1. The van der Waals surface area contributed by atoms with Crippen molar-refractivity contribution in [2.75, 3.05) is 6.61 Å². The first-order chi connectivity index (χ1) is 13.3. The van der Waals surface area contributed by atoms with Gasteiger partial charge in [0.25, 0.3) is 5.92 Å². The lowest BCUT2D eigenvalue weighted by Gasteiger charge is -2.31. The molecule has 0 aromatic carbocycles. The monoisotopic (exact) mass is 404 g/mol. The second-order valence-corrected chi connectivity index (χ2v) is 9.05. The van der Waals surface area contributed by atoms with Gasteiger partial charge in [0.1, 0.15) is 12.2 Å². The Morgan fingerprint density at radius 1 is 1.29 bits per heavy atom. The number of carbonyl (C=O) groups excluding carboxylic acids is 1. The van der Waals surface area contributed by atoms with Crippen molar-refractivity contribution < 1.29 is 32.9 Å². The Morgan fingerprint density at radius 3 is 2.75 bits per heavy atom. The molecule has 2 aliphatic heterocycles. The van der Waals surface area contributed by atoms with Crippen LogP contribution in [0.2, 0.25) is 0 Å². The summed E-state index contributed by atoms with van der Waals surface area (Å²) in [4.78, 5) is 11.7. The Hall–Kier alpha value is -0.790. The number of fused-ring (bicyclic) bond motifs is 1. The van der Waals surface area contributed by atoms with Gasteiger partial charge in [0.05, 0.1) is 12.5 Å². The highest BCUT2D eigenvalue weighted by Crippen LogP contribution is 2.46. The first-order valence-electron chi connectivity index (χ1n) is 10.8. The number of hydrogen-bond donors (Lipinski definition) is 1. The van der Waals surface area contributed by atoms with Gasteiger partial charge in [-0.1, -0.05) is 13.8 Å². The van der Waals surface area contributed by atoms with Gasteiger partial charge in [-0.15, -0.1) is 0 Å². The molecule has 0 bridgehead atoms. The summed E-state index contributed by atoms with van der Waals surface area (Å²) in [5.41, 5.74) is 0. The fourth-order valence-corrected chi connectivity index (χ4v) is 4.74. The molecule has 3 rings (SSSR count). The number of aliphatic hydroxyl groups excluding tert-OH is 1. The lowest BCUT2D eigenvalue weighted by Crippen LogP contribution is -2.36. The molecule has 5 nitrogen and oxygen atoms in total. The van der Waals surface area contributed by atoms with E-state index in [4.69, 9.17) is 14.2 Å². The van der Waals surface area contributed by atoms with E-state index in [1.807, 2.05) is 13.8 Å². The van der Waals surface area contributed by atoms with Crippen LogP contribution in [0.5, 0.6) is 0 Å². The quantitative estimate of drug-likeness (QED) is 0.587. The van der Waals surface area contributed by atoms with E-state index in [0.717, 1.165) is 19.3 Å². The fraction of sp³-hybridized carbons (Fsp3) is 0.952. The van der Waals surface area contributed by atoms with Crippen LogP contribution in [0.3, 0.4) is 0 Å². The van der Waals surface area contributed by atoms with E-state index in [1.165, 1.54) is 0 Å². The molecule has 3 fully saturated rings. The van der Waals surface area contributed by atoms with Crippen molar-refractivity contribution >= 4 is 5.97 Å². The van der Waals surface area contributed by atoms with Crippen LogP contribution in [-0.2, 0) is 19.0 Å². The Kier molecular flexibility index (Phi) is 7.32. The minimum Gasteiger partial charge on any atom is -0.462 e. The number of alkyl halides is 2. The molecule has 0 spiro atoms. The van der Waals surface area contributed by atoms with E-state index in [2.05, 4.69) is 0 Å². The van der Waals surface area contributed by atoms with Crippen LogP contribution in [0, 0.1) is 17.8 Å². The van der Waals surface area contributed by atoms with Crippen molar-refractivity contribution in [3.63, 3.8) is 0 Å². The topological polar surface area (TPSA) is 65.0 Å². The maximum Gasteiger partial charge on any atom is 0.306 e. The molecular formula is C21H34F2O5. The second kappa shape index (κ2) is 9.35. The highest BCUT2D eigenvalue weighted by atomic mass is 19.3. The summed E-state index contributed by atoms with van der Waals surface area (Å²) in [6, 6.07) is 0. The minimum absolute atomic E-state index is 0.00143. The maximum absolute atomic E-state index is 14.3. The van der Waals surface area contributed by atoms with Crippen molar-refractivity contribution in [2.24, 2.45) is 17.8 Å². The van der Waals surface area contributed by atoms with Gasteiger partial charge < -0.3 is 19.3 Å². The minimum atomic E-state index is -3.09. The number of hydrogen-bond acceptors (Lipinski definition) is 5. The lowest BCUT2D eigenvalue weighted by atomic mass is 9.86. The summed E-state index contributed by atoms with van der Waals surface area (Å²) >= 11 is 0. The van der Waals surface area contributed by atoms with Gasteiger partial charge in [-0.2, -0.15) is 0 Å². The Bertz CT molecular complexity index is 521. The molecule has 1 aliphatic carbocycles. The Labute approximate surface area is 166 Å². The number of esters is 1. The van der Waals surface area contributed by atoms with Crippen molar-refractivity contribution in [3.05, 3.63) is 0 Å². The molecule has 6 atom stereocenters. The third-order valence-corrected chi connectivity index (χ3v) is 6.44. The molecule has 0 aromatic rings. The number of ether oxygens (including phenoxy) is 3. The van der Waals surface area contributed by atoms with E-state index >= 15 is 0 Å². The molecule has 7 heteroatoms. The zero-order valence-electron chi connectivity index (χ0n) is 16.9. The molecule has 2 unspecified atom stereocenters. The van der Waals surface area contributed by atoms with E-state index in [0.29, 0.717) is 32.3 Å². The molecule has 2 saturated heterocycles. The van der Waals surface area contributed by atoms with Gasteiger partial charge in [-0.25, -0.2) is 8.78 Å². The highest BCUT2D eigenvalue weighted by molar-refractivity contribution is 5.72. The second-order valence-electron chi connectivity index (χ2n) is 9.05. The summed E-state index contributed by atoms with van der Waals surface area (Å²) in [5, 5.41) is 10.1. The molecule has 1 N–H and O–H groups in total. The normalized spacial score (nSPS) is 34.5. The Balaban J connectivity index is 1.58. The van der Waals surface area contributed by atoms with Crippen LogP contribution in [-0.4, -0.2) is 48.2 Å². The van der Waals surface area contributed by atoms with Crippen LogP contribution in [0.4, 0.5) is 8.78 Å². The highest BCUT2D eigenvalue weighted by Gasteiger charge is 2.51. The van der Waals surface area contributed by atoms with Crippen LogP contribution >= 0.6 is 0 Å². The van der Waals surface area contributed by atoms with Gasteiger partial charge in [-0.05, 0) is 50.4 Å². The third-order valence-electron chi connectivity index (χ3n) is 6.44. The molecule has 3 aliphatic rings. The number of aliphatic hydroxyl groups is 1. The molecule has 28 heavy (non-hydrogen) atoms. The van der Waals surface area contributed by atoms with Crippen LogP contribution in [0.25, 0.3) is 0 Å². The molecular weight excluding hydrogens is 370 g/mol. The van der Waals surface area contributed by atoms with Crippen LogP contribution in [0.15, 0.2) is 0 Å². The average molecular weight is 404 g/mol. The van der Waals surface area contributed by atoms with Gasteiger partial charge in [-0.3, -0.25) is 4.79 Å². The van der Waals surface area contributed by atoms with Gasteiger partial charge in [0, 0.05) is 25.4 Å². The predicted octanol–water partition coefficient (Wildman–Crippen LogP) is 4.06. The predicted molar refractivity (Wildman–Crippen MR) is 98.8 cm³/mol. The van der Waals surface area contributed by atoms with Crippen molar-refractivity contribution in [3.8, 4) is 0 Å². The molecule has 0 amide bonds. The van der Waals surface area contributed by atoms with Crippen molar-refractivity contribution in [1.82, 2.24) is 0 Å². The summed E-state index contributed by atoms with van der Waals surface area (Å²) < 4.78 is 45.8. The molecule has 0 aromatic heterocycles. The smallest absolute Gasteiger partial charge is 0.306 e. The van der Waals surface area contributed by atoms with Crippen molar-refractivity contribution in [1.29, 1.82) is 0 Å². The zero-order valence-corrected chi connectivity index (χ0v) is 16.9. The van der Waals surface area contributed by atoms with E-state index in [9.17, 15) is 18.7 Å². The molecule has 162 valence electrons. The number of halogens is 2. The van der Waals surface area contributed by atoms with Crippen LogP contribution < -0.4 is 0 Å². The Morgan fingerprint density at radius 2 is 2.07 bits per heavy atom. The first-order valence-corrected chi connectivity index (χ1v) is 10.8. The number of carbonyl (C=O) groups is 1. The summed E-state index contributed by atoms with van der Waals surface area (Å²) in [6.45, 7) is 4.46. The lowest BCUT2D eigenvalue weighted by molar-refractivity contribution is -0.198. The largest absolute Gasteiger partial charge is 0.462 e. The van der Waals surface area contributed by atoms with Gasteiger partial charge in [0.15, 0.2) is 6.29 Å². The molecule has 1 saturated carbocycles. The SMILES string of the molecule is CC(C)CCC(F)(F)C(O)CC[C@@H]1[C@H]2CC(=O)O[C@H]2C[C@H]1OC1CCCCO1. The fourth-order valence-electron chi connectivity index (χ4n) is 4.74. The zero-order chi connectivity index (χ0) is 20.3. The molecule has 2 heterocycles. The van der Waals surface area contributed by atoms with Crippen molar-refractivity contribution in [2.45, 2.75) is 102 Å². The van der Waals surface area contributed by atoms with Crippen LogP contribution in [0.1, 0.15) is 71.6 Å². The third kappa shape index (κ3) is 5.42. The maximum atomic E-state index is 14.3.